The number of carbonyl (C=O) groups is 2. The molecule has 2 amide bonds. The van der Waals surface area contributed by atoms with Crippen molar-refractivity contribution in [1.29, 1.82) is 0 Å². The van der Waals surface area contributed by atoms with Crippen LogP contribution in [0.2, 0.25) is 0 Å². The average molecular weight is 460 g/mol. The fourth-order valence-corrected chi connectivity index (χ4v) is 3.29. The molecule has 0 saturated heterocycles. The van der Waals surface area contributed by atoms with Gasteiger partial charge in [0.05, 0.1) is 13.2 Å². The fourth-order valence-electron chi connectivity index (χ4n) is 3.29. The normalized spacial score (nSPS) is 10.9. The maximum atomic E-state index is 12.3. The third-order valence-corrected chi connectivity index (χ3v) is 4.95. The molecular weight excluding hydrogens is 426 g/mol. The Kier molecular flexibility index (Phi) is 8.68. The maximum Gasteiger partial charge on any atom is 0.251 e. The first kappa shape index (κ1) is 24.8. The zero-order valence-corrected chi connectivity index (χ0v) is 20.1. The molecule has 0 bridgehead atoms. The van der Waals surface area contributed by atoms with E-state index >= 15 is 0 Å². The molecule has 0 heterocycles. The third kappa shape index (κ3) is 8.62. The average Bonchev–Trinajstić information content (AvgIpc) is 2.81. The number of benzene rings is 3. The van der Waals surface area contributed by atoms with Crippen molar-refractivity contribution in [3.8, 4) is 5.75 Å². The molecule has 0 aliphatic heterocycles. The molecule has 0 spiro atoms. The second kappa shape index (κ2) is 11.9. The highest BCUT2D eigenvalue weighted by Gasteiger charge is 2.15. The molecule has 178 valence electrons. The second-order valence-electron chi connectivity index (χ2n) is 9.15. The van der Waals surface area contributed by atoms with Gasteiger partial charge < -0.3 is 20.7 Å². The van der Waals surface area contributed by atoms with Crippen LogP contribution in [0.15, 0.2) is 78.9 Å². The lowest BCUT2D eigenvalue weighted by Gasteiger charge is -2.20. The molecule has 0 atom stereocenters. The fraction of sp³-hybridized carbons (Fsp3) is 0.286. The number of ether oxygens (including phenoxy) is 1. The number of rotatable bonds is 10. The van der Waals surface area contributed by atoms with E-state index < -0.39 is 0 Å². The van der Waals surface area contributed by atoms with Gasteiger partial charge in [0.1, 0.15) is 5.75 Å². The van der Waals surface area contributed by atoms with E-state index in [0.29, 0.717) is 17.9 Å². The second-order valence-corrected chi connectivity index (χ2v) is 9.15. The predicted octanol–water partition coefficient (Wildman–Crippen LogP) is 5.28. The summed E-state index contributed by atoms with van der Waals surface area (Å²) < 4.78 is 5.79. The molecule has 6 nitrogen and oxygen atoms in total. The van der Waals surface area contributed by atoms with Crippen LogP contribution >= 0.6 is 0 Å². The number of anilines is 2. The van der Waals surface area contributed by atoms with E-state index in [2.05, 4.69) is 28.1 Å². The van der Waals surface area contributed by atoms with Crippen LogP contribution in [-0.4, -0.2) is 30.5 Å². The van der Waals surface area contributed by atoms with E-state index in [1.807, 2.05) is 63.2 Å². The summed E-state index contributed by atoms with van der Waals surface area (Å²) in [5.74, 6) is 0.492. The number of aryl methyl sites for hydroxylation is 1. The standard InChI is InChI=1S/C28H33N3O3/c1-28(2,3)31-27(33)22-11-13-23(14-12-22)29-20-26(32)30-24-15-17-25(18-16-24)34-19-7-10-21-8-5-4-6-9-21/h4-6,8-9,11-18,29H,7,10,19-20H2,1-3H3,(H,30,32)(H,31,33). The van der Waals surface area contributed by atoms with Crippen LogP contribution in [0.3, 0.4) is 0 Å². The van der Waals surface area contributed by atoms with Crippen LogP contribution in [0.1, 0.15) is 43.1 Å². The molecule has 3 aromatic carbocycles. The monoisotopic (exact) mass is 459 g/mol. The zero-order chi connectivity index (χ0) is 24.4. The van der Waals surface area contributed by atoms with Gasteiger partial charge in [-0.2, -0.15) is 0 Å². The number of carbonyl (C=O) groups excluding carboxylic acids is 2. The lowest BCUT2D eigenvalue weighted by molar-refractivity contribution is -0.114. The van der Waals surface area contributed by atoms with E-state index in [0.717, 1.165) is 24.3 Å². The minimum atomic E-state index is -0.293. The Bertz CT molecular complexity index is 1060. The highest BCUT2D eigenvalue weighted by molar-refractivity contribution is 5.95. The molecule has 0 fully saturated rings. The first-order valence-corrected chi connectivity index (χ1v) is 11.5. The number of amides is 2. The van der Waals surface area contributed by atoms with Gasteiger partial charge in [-0.3, -0.25) is 9.59 Å². The van der Waals surface area contributed by atoms with Crippen molar-refractivity contribution in [3.63, 3.8) is 0 Å². The molecule has 3 N–H and O–H groups in total. The van der Waals surface area contributed by atoms with Crippen LogP contribution in [0.4, 0.5) is 11.4 Å². The molecule has 6 heteroatoms. The summed E-state index contributed by atoms with van der Waals surface area (Å²) in [6, 6.07) is 24.8. The molecule has 0 radical (unpaired) electrons. The molecule has 0 saturated carbocycles. The SMILES string of the molecule is CC(C)(C)NC(=O)c1ccc(NCC(=O)Nc2ccc(OCCCc3ccccc3)cc2)cc1. The summed E-state index contributed by atoms with van der Waals surface area (Å²) in [6.07, 6.45) is 1.92. The molecule has 34 heavy (non-hydrogen) atoms. The predicted molar refractivity (Wildman–Crippen MR) is 137 cm³/mol. The Morgan fingerprint density at radius 2 is 1.47 bits per heavy atom. The van der Waals surface area contributed by atoms with Gasteiger partial charge in [-0.05, 0) is 87.7 Å². The summed E-state index contributed by atoms with van der Waals surface area (Å²) in [7, 11) is 0. The van der Waals surface area contributed by atoms with Crippen molar-refractivity contribution in [1.82, 2.24) is 5.32 Å². The Hall–Kier alpha value is -3.80. The topological polar surface area (TPSA) is 79.5 Å². The van der Waals surface area contributed by atoms with Crippen LogP contribution in [0, 0.1) is 0 Å². The number of hydrogen-bond acceptors (Lipinski definition) is 4. The summed E-state index contributed by atoms with van der Waals surface area (Å²) in [5, 5.41) is 8.86. The lowest BCUT2D eigenvalue weighted by atomic mass is 10.1. The highest BCUT2D eigenvalue weighted by Crippen LogP contribution is 2.16. The number of nitrogens with one attached hydrogen (secondary N) is 3. The zero-order valence-electron chi connectivity index (χ0n) is 20.1. The Morgan fingerprint density at radius 1 is 0.824 bits per heavy atom. The van der Waals surface area contributed by atoms with Crippen LogP contribution < -0.4 is 20.7 Å². The van der Waals surface area contributed by atoms with Crippen LogP contribution in [0.5, 0.6) is 5.75 Å². The Morgan fingerprint density at radius 3 is 2.12 bits per heavy atom. The van der Waals surface area contributed by atoms with Crippen molar-refractivity contribution < 1.29 is 14.3 Å². The van der Waals surface area contributed by atoms with Gasteiger partial charge in [0, 0.05) is 22.5 Å². The Balaban J connectivity index is 1.38. The lowest BCUT2D eigenvalue weighted by Crippen LogP contribution is -2.40. The summed E-state index contributed by atoms with van der Waals surface area (Å²) in [5.41, 5.74) is 3.06. The minimum absolute atomic E-state index is 0.116. The molecule has 0 aliphatic rings. The van der Waals surface area contributed by atoms with E-state index in [1.54, 1.807) is 24.3 Å². The Labute approximate surface area is 201 Å². The summed E-state index contributed by atoms with van der Waals surface area (Å²) >= 11 is 0. The third-order valence-electron chi connectivity index (χ3n) is 4.95. The van der Waals surface area contributed by atoms with Gasteiger partial charge in [-0.15, -0.1) is 0 Å². The molecule has 0 unspecified atom stereocenters. The van der Waals surface area contributed by atoms with Crippen molar-refractivity contribution >= 4 is 23.2 Å². The van der Waals surface area contributed by atoms with Gasteiger partial charge in [0.15, 0.2) is 0 Å². The first-order chi connectivity index (χ1) is 16.3. The molecule has 0 aliphatic carbocycles. The number of hydrogen-bond donors (Lipinski definition) is 3. The van der Waals surface area contributed by atoms with Gasteiger partial charge in [0.2, 0.25) is 5.91 Å². The highest BCUT2D eigenvalue weighted by atomic mass is 16.5. The van der Waals surface area contributed by atoms with E-state index in [9.17, 15) is 9.59 Å². The molecule has 0 aromatic heterocycles. The molecule has 3 aromatic rings. The van der Waals surface area contributed by atoms with E-state index in [4.69, 9.17) is 4.74 Å². The maximum absolute atomic E-state index is 12.3. The smallest absolute Gasteiger partial charge is 0.251 e. The summed E-state index contributed by atoms with van der Waals surface area (Å²) in [4.78, 5) is 24.5. The molecular formula is C28H33N3O3. The van der Waals surface area contributed by atoms with E-state index in [-0.39, 0.29) is 23.9 Å². The van der Waals surface area contributed by atoms with Gasteiger partial charge in [0.25, 0.3) is 5.91 Å². The quantitative estimate of drug-likeness (QED) is 0.361. The van der Waals surface area contributed by atoms with Gasteiger partial charge in [-0.1, -0.05) is 30.3 Å². The van der Waals surface area contributed by atoms with Crippen molar-refractivity contribution in [2.24, 2.45) is 0 Å². The van der Waals surface area contributed by atoms with Crippen molar-refractivity contribution in [3.05, 3.63) is 90.0 Å². The largest absolute Gasteiger partial charge is 0.494 e. The van der Waals surface area contributed by atoms with Gasteiger partial charge >= 0.3 is 0 Å². The van der Waals surface area contributed by atoms with Gasteiger partial charge in [-0.25, -0.2) is 0 Å². The van der Waals surface area contributed by atoms with Crippen molar-refractivity contribution in [2.75, 3.05) is 23.8 Å². The van der Waals surface area contributed by atoms with E-state index in [1.165, 1.54) is 5.56 Å². The van der Waals surface area contributed by atoms with Crippen molar-refractivity contribution in [2.45, 2.75) is 39.2 Å². The molecule has 3 rings (SSSR count). The summed E-state index contributed by atoms with van der Waals surface area (Å²) in [6.45, 7) is 6.57. The van der Waals surface area contributed by atoms with Crippen LogP contribution in [-0.2, 0) is 11.2 Å². The minimum Gasteiger partial charge on any atom is -0.494 e. The first-order valence-electron chi connectivity index (χ1n) is 11.5. The van der Waals surface area contributed by atoms with Crippen LogP contribution in [0.25, 0.3) is 0 Å².